The maximum atomic E-state index is 10.3. The molecule has 46 heavy (non-hydrogen) atoms. The molecule has 254 valence electrons. The molecule has 0 saturated carbocycles. The number of allylic oxidation sites excluding steroid dienone is 22. The van der Waals surface area contributed by atoms with Gasteiger partial charge in [0.15, 0.2) is 0 Å². The molecule has 0 heterocycles. The number of carboxylic acids is 2. The van der Waals surface area contributed by atoms with Crippen LogP contribution < -0.4 is 0 Å². The largest absolute Gasteiger partial charge is 0.481 e. The predicted octanol–water partition coefficient (Wildman–Crippen LogP) is 12.5. The van der Waals surface area contributed by atoms with Crippen molar-refractivity contribution in [3.63, 3.8) is 0 Å². The van der Waals surface area contributed by atoms with Gasteiger partial charge < -0.3 is 10.2 Å². The van der Waals surface area contributed by atoms with Crippen LogP contribution in [0.4, 0.5) is 0 Å². The van der Waals surface area contributed by atoms with Crippen molar-refractivity contribution in [2.45, 2.75) is 117 Å². The van der Waals surface area contributed by atoms with Crippen molar-refractivity contribution < 1.29 is 19.8 Å². The molecule has 0 rings (SSSR count). The van der Waals surface area contributed by atoms with E-state index in [-0.39, 0.29) is 12.8 Å². The fourth-order valence-electron chi connectivity index (χ4n) is 3.59. The highest BCUT2D eigenvalue weighted by Gasteiger charge is 1.92. The van der Waals surface area contributed by atoms with Gasteiger partial charge in [-0.3, -0.25) is 9.59 Å². The molecule has 0 atom stereocenters. The number of unbranched alkanes of at least 4 members (excludes halogenated alkanes) is 1. The highest BCUT2D eigenvalue weighted by molar-refractivity contribution is 5.67. The van der Waals surface area contributed by atoms with Crippen LogP contribution in [0.2, 0.25) is 0 Å². The highest BCUT2D eigenvalue weighted by Crippen LogP contribution is 2.00. The van der Waals surface area contributed by atoms with Crippen molar-refractivity contribution in [3.05, 3.63) is 134 Å². The normalized spacial score (nSPS) is 12.9. The molecule has 0 aliphatic carbocycles. The van der Waals surface area contributed by atoms with Crippen molar-refractivity contribution in [2.24, 2.45) is 0 Å². The maximum Gasteiger partial charge on any atom is 0.303 e. The molecule has 4 nitrogen and oxygen atoms in total. The van der Waals surface area contributed by atoms with Crippen molar-refractivity contribution in [2.75, 3.05) is 0 Å². The summed E-state index contributed by atoms with van der Waals surface area (Å²) in [7, 11) is 0. The minimum atomic E-state index is -0.741. The molecule has 2 N–H and O–H groups in total. The molecular weight excluding hydrogens is 568 g/mol. The molecule has 0 aromatic carbocycles. The van der Waals surface area contributed by atoms with Gasteiger partial charge in [0, 0.05) is 12.8 Å². The third kappa shape index (κ3) is 47.0. The van der Waals surface area contributed by atoms with E-state index in [0.29, 0.717) is 6.42 Å². The van der Waals surface area contributed by atoms with Crippen LogP contribution in [0.3, 0.4) is 0 Å². The number of carboxylic acid groups (broad SMARTS) is 2. The van der Waals surface area contributed by atoms with Gasteiger partial charge in [0.2, 0.25) is 0 Å². The number of hydrogen-bond donors (Lipinski definition) is 2. The average molecular weight is 631 g/mol. The fourth-order valence-corrected chi connectivity index (χ4v) is 3.59. The van der Waals surface area contributed by atoms with Gasteiger partial charge in [-0.2, -0.15) is 0 Å². The molecule has 0 spiro atoms. The second kappa shape index (κ2) is 41.1. The zero-order chi connectivity index (χ0) is 34.0. The molecular formula is C42H62O4. The molecule has 0 saturated heterocycles. The Kier molecular flexibility index (Phi) is 39.5. The lowest BCUT2D eigenvalue weighted by Gasteiger charge is -1.89. The Bertz CT molecular complexity index is 1030. The second-order valence-electron chi connectivity index (χ2n) is 10.3. The lowest BCUT2D eigenvalue weighted by molar-refractivity contribution is -0.138. The third-order valence-electron chi connectivity index (χ3n) is 6.04. The number of aliphatic carboxylic acids is 2. The Labute approximate surface area is 281 Å². The van der Waals surface area contributed by atoms with Crippen molar-refractivity contribution >= 4 is 11.9 Å². The van der Waals surface area contributed by atoms with E-state index in [0.717, 1.165) is 83.5 Å². The first-order chi connectivity index (χ1) is 22.5. The standard InChI is InChI=1S/C22H32O2.C20H30O2/c1-2-3-4-5-6-7-8-9-10-11-12-13-14-15-16-17-18-19-20-21-22(23)24;1-2-3-4-5-6-7-8-9-10-11-12-13-14-15-16-17-18-19-20(21)22/h3-4,6-7,9-10,12-13,15-16,18-19H,2,5,8,11,14,17,20-21H2,1H3,(H,23,24);3-4,6-7,9-10,12-13,15-16H,2,5,8,11,14,17-19H2,1H3,(H,21,22). The number of carbonyl (C=O) groups is 2. The SMILES string of the molecule is CCC=CCC=CCC=CCC=CCC=CCC=CCCC(=O)O.CCC=CCC=CCC=CCC=CCC=CCCCC(=O)O. The number of hydrogen-bond acceptors (Lipinski definition) is 2. The van der Waals surface area contributed by atoms with Gasteiger partial charge in [-0.25, -0.2) is 0 Å². The van der Waals surface area contributed by atoms with Gasteiger partial charge in [0.1, 0.15) is 0 Å². The van der Waals surface area contributed by atoms with Crippen LogP contribution in [0, 0.1) is 0 Å². The first kappa shape index (κ1) is 44.2. The lowest BCUT2D eigenvalue weighted by atomic mass is 10.2. The summed E-state index contributed by atoms with van der Waals surface area (Å²) in [6, 6.07) is 0. The third-order valence-corrected chi connectivity index (χ3v) is 6.04. The Hall–Kier alpha value is -3.92. The van der Waals surface area contributed by atoms with Crippen molar-refractivity contribution in [1.82, 2.24) is 0 Å². The lowest BCUT2D eigenvalue weighted by Crippen LogP contribution is -1.92. The second-order valence-corrected chi connectivity index (χ2v) is 10.3. The number of rotatable bonds is 27. The molecule has 0 bridgehead atoms. The summed E-state index contributed by atoms with van der Waals surface area (Å²) in [5.41, 5.74) is 0. The Morgan fingerprint density at radius 3 is 0.848 bits per heavy atom. The Morgan fingerprint density at radius 1 is 0.348 bits per heavy atom. The molecule has 0 fully saturated rings. The van der Waals surface area contributed by atoms with E-state index in [2.05, 4.69) is 135 Å². The molecule has 0 aromatic heterocycles. The monoisotopic (exact) mass is 630 g/mol. The minimum absolute atomic E-state index is 0.210. The van der Waals surface area contributed by atoms with Crippen LogP contribution in [0.5, 0.6) is 0 Å². The van der Waals surface area contributed by atoms with Gasteiger partial charge in [-0.15, -0.1) is 0 Å². The summed E-state index contributed by atoms with van der Waals surface area (Å²) in [5.74, 6) is -1.46. The summed E-state index contributed by atoms with van der Waals surface area (Å²) in [6.07, 6.45) is 60.9. The van der Waals surface area contributed by atoms with Gasteiger partial charge in [-0.1, -0.05) is 148 Å². The molecule has 0 aliphatic rings. The van der Waals surface area contributed by atoms with E-state index >= 15 is 0 Å². The van der Waals surface area contributed by atoms with Gasteiger partial charge in [0.05, 0.1) is 0 Å². The van der Waals surface area contributed by atoms with E-state index in [4.69, 9.17) is 10.2 Å². The zero-order valence-corrected chi connectivity index (χ0v) is 28.7. The van der Waals surface area contributed by atoms with Crippen LogP contribution in [0.1, 0.15) is 117 Å². The van der Waals surface area contributed by atoms with E-state index in [9.17, 15) is 9.59 Å². The molecule has 0 radical (unpaired) electrons. The summed E-state index contributed by atoms with van der Waals surface area (Å²) in [6.45, 7) is 4.29. The Morgan fingerprint density at radius 2 is 0.587 bits per heavy atom. The maximum absolute atomic E-state index is 10.3. The van der Waals surface area contributed by atoms with Gasteiger partial charge >= 0.3 is 11.9 Å². The summed E-state index contributed by atoms with van der Waals surface area (Å²) < 4.78 is 0. The van der Waals surface area contributed by atoms with Crippen LogP contribution in [-0.2, 0) is 9.59 Å². The van der Waals surface area contributed by atoms with Crippen LogP contribution in [0.15, 0.2) is 134 Å². The predicted molar refractivity (Wildman–Crippen MR) is 201 cm³/mol. The van der Waals surface area contributed by atoms with Crippen LogP contribution >= 0.6 is 0 Å². The van der Waals surface area contributed by atoms with Gasteiger partial charge in [0.25, 0.3) is 0 Å². The average Bonchev–Trinajstić information content (AvgIpc) is 3.03. The quantitative estimate of drug-likeness (QED) is 0.0699. The van der Waals surface area contributed by atoms with Gasteiger partial charge in [-0.05, 0) is 89.9 Å². The Balaban J connectivity index is 0. The summed E-state index contributed by atoms with van der Waals surface area (Å²) >= 11 is 0. The topological polar surface area (TPSA) is 74.6 Å². The summed E-state index contributed by atoms with van der Waals surface area (Å²) in [5, 5.41) is 17.0. The van der Waals surface area contributed by atoms with Crippen LogP contribution in [-0.4, -0.2) is 22.2 Å². The molecule has 0 aliphatic heterocycles. The van der Waals surface area contributed by atoms with E-state index in [1.807, 2.05) is 12.2 Å². The first-order valence-electron chi connectivity index (χ1n) is 17.1. The van der Waals surface area contributed by atoms with E-state index in [1.54, 1.807) is 0 Å². The first-order valence-corrected chi connectivity index (χ1v) is 17.1. The zero-order valence-electron chi connectivity index (χ0n) is 28.7. The van der Waals surface area contributed by atoms with E-state index < -0.39 is 11.9 Å². The van der Waals surface area contributed by atoms with Crippen LogP contribution in [0.25, 0.3) is 0 Å². The highest BCUT2D eigenvalue weighted by atomic mass is 16.4. The smallest absolute Gasteiger partial charge is 0.303 e. The molecule has 0 aromatic rings. The fraction of sp³-hybridized carbons (Fsp3) is 0.429. The summed E-state index contributed by atoms with van der Waals surface area (Å²) in [4.78, 5) is 20.6. The molecule has 0 amide bonds. The van der Waals surface area contributed by atoms with E-state index in [1.165, 1.54) is 0 Å². The molecule has 0 unspecified atom stereocenters. The van der Waals surface area contributed by atoms with Crippen molar-refractivity contribution in [3.8, 4) is 0 Å². The van der Waals surface area contributed by atoms with Crippen molar-refractivity contribution in [1.29, 1.82) is 0 Å². The minimum Gasteiger partial charge on any atom is -0.481 e. The molecule has 4 heteroatoms.